The Labute approximate surface area is 178 Å². The molecule has 3 aromatic rings. The van der Waals surface area contributed by atoms with Gasteiger partial charge in [0.05, 0.1) is 12.8 Å². The minimum absolute atomic E-state index is 0.203. The quantitative estimate of drug-likeness (QED) is 0.379. The molecule has 1 aromatic heterocycles. The van der Waals surface area contributed by atoms with Crippen molar-refractivity contribution in [2.24, 2.45) is 5.10 Å². The SMILES string of the molecule is CCOc1cc(/C=N/NS(=O)(=O)c2cccs2)ccc1OCc1cccc(Cl)c1. The molecule has 0 aliphatic heterocycles. The molecule has 29 heavy (non-hydrogen) atoms. The number of nitrogens with zero attached hydrogens (tertiary/aromatic N) is 1. The van der Waals surface area contributed by atoms with Gasteiger partial charge in [-0.2, -0.15) is 18.4 Å². The fourth-order valence-corrected chi connectivity index (χ4v) is 4.40. The number of hydrogen-bond donors (Lipinski definition) is 1. The van der Waals surface area contributed by atoms with Crippen LogP contribution in [0, 0.1) is 0 Å². The lowest BCUT2D eigenvalue weighted by Crippen LogP contribution is -2.17. The van der Waals surface area contributed by atoms with Gasteiger partial charge in [0, 0.05) is 5.02 Å². The Morgan fingerprint density at radius 2 is 1.97 bits per heavy atom. The number of benzene rings is 2. The number of hydrazone groups is 1. The van der Waals surface area contributed by atoms with Crippen molar-refractivity contribution in [3.63, 3.8) is 0 Å². The summed E-state index contributed by atoms with van der Waals surface area (Å²) in [7, 11) is -3.65. The molecule has 2 aromatic carbocycles. The Morgan fingerprint density at radius 3 is 2.69 bits per heavy atom. The van der Waals surface area contributed by atoms with E-state index in [4.69, 9.17) is 21.1 Å². The molecule has 0 atom stereocenters. The first-order valence-electron chi connectivity index (χ1n) is 8.70. The minimum atomic E-state index is -3.65. The molecule has 0 amide bonds. The number of ether oxygens (including phenoxy) is 2. The molecule has 0 fully saturated rings. The standard InChI is InChI=1S/C20H19ClN2O4S2/c1-2-26-19-12-15(13-22-23-29(24,25)20-7-4-10-28-20)8-9-18(19)27-14-16-5-3-6-17(21)11-16/h3-13,23H,2,14H2,1H3/b22-13+. The zero-order valence-corrected chi connectivity index (χ0v) is 17.9. The molecule has 3 rings (SSSR count). The second kappa shape index (κ2) is 9.78. The van der Waals surface area contributed by atoms with Crippen LogP contribution in [0.5, 0.6) is 11.5 Å². The molecule has 6 nitrogen and oxygen atoms in total. The molecule has 1 heterocycles. The number of thiophene rings is 1. The second-order valence-corrected chi connectivity index (χ2v) is 9.11. The molecule has 0 saturated carbocycles. The third kappa shape index (κ3) is 5.96. The monoisotopic (exact) mass is 450 g/mol. The van der Waals surface area contributed by atoms with Gasteiger partial charge in [-0.25, -0.2) is 0 Å². The van der Waals surface area contributed by atoms with E-state index in [1.54, 1.807) is 35.7 Å². The van der Waals surface area contributed by atoms with Gasteiger partial charge in [-0.1, -0.05) is 29.8 Å². The summed E-state index contributed by atoms with van der Waals surface area (Å²) < 4.78 is 35.9. The summed E-state index contributed by atoms with van der Waals surface area (Å²) in [5.74, 6) is 1.11. The van der Waals surface area contributed by atoms with Crippen LogP contribution in [-0.4, -0.2) is 21.2 Å². The Bertz CT molecular complexity index is 1080. The molecule has 9 heteroatoms. The summed E-state index contributed by atoms with van der Waals surface area (Å²) in [5.41, 5.74) is 1.60. The van der Waals surface area contributed by atoms with Gasteiger partial charge < -0.3 is 9.47 Å². The van der Waals surface area contributed by atoms with E-state index < -0.39 is 10.0 Å². The van der Waals surface area contributed by atoms with Crippen molar-refractivity contribution in [2.45, 2.75) is 17.7 Å². The fraction of sp³-hybridized carbons (Fsp3) is 0.150. The number of nitrogens with one attached hydrogen (secondary N) is 1. The van der Waals surface area contributed by atoms with Crippen molar-refractivity contribution >= 4 is 39.2 Å². The number of halogens is 1. The highest BCUT2D eigenvalue weighted by molar-refractivity contribution is 7.91. The molecule has 0 radical (unpaired) electrons. The lowest BCUT2D eigenvalue weighted by atomic mass is 10.2. The predicted octanol–water partition coefficient (Wildman–Crippen LogP) is 4.69. The van der Waals surface area contributed by atoms with E-state index in [9.17, 15) is 8.42 Å². The van der Waals surface area contributed by atoms with Crippen molar-refractivity contribution in [1.82, 2.24) is 4.83 Å². The number of rotatable bonds is 9. The van der Waals surface area contributed by atoms with Gasteiger partial charge in [-0.05, 0) is 59.8 Å². The maximum atomic E-state index is 12.1. The van der Waals surface area contributed by atoms with Crippen LogP contribution < -0.4 is 14.3 Å². The van der Waals surface area contributed by atoms with E-state index in [2.05, 4.69) is 9.93 Å². The zero-order chi connectivity index (χ0) is 20.7. The average molecular weight is 451 g/mol. The zero-order valence-electron chi connectivity index (χ0n) is 15.5. The molecule has 0 spiro atoms. The summed E-state index contributed by atoms with van der Waals surface area (Å²) >= 11 is 7.12. The summed E-state index contributed by atoms with van der Waals surface area (Å²) in [6.45, 7) is 2.67. The molecular weight excluding hydrogens is 432 g/mol. The third-order valence-corrected chi connectivity index (χ3v) is 6.55. The highest BCUT2D eigenvalue weighted by Gasteiger charge is 2.13. The molecule has 0 aliphatic rings. The van der Waals surface area contributed by atoms with Gasteiger partial charge in [-0.3, -0.25) is 0 Å². The average Bonchev–Trinajstić information content (AvgIpc) is 3.23. The normalized spacial score (nSPS) is 11.5. The molecule has 152 valence electrons. The van der Waals surface area contributed by atoms with Gasteiger partial charge in [0.15, 0.2) is 11.5 Å². The van der Waals surface area contributed by atoms with Crippen molar-refractivity contribution in [1.29, 1.82) is 0 Å². The lowest BCUT2D eigenvalue weighted by molar-refractivity contribution is 0.269. The highest BCUT2D eigenvalue weighted by Crippen LogP contribution is 2.29. The molecule has 0 saturated heterocycles. The van der Waals surface area contributed by atoms with Gasteiger partial charge in [-0.15, -0.1) is 11.3 Å². The Balaban J connectivity index is 1.70. The van der Waals surface area contributed by atoms with Crippen LogP contribution >= 0.6 is 22.9 Å². The van der Waals surface area contributed by atoms with E-state index in [0.717, 1.165) is 16.9 Å². The largest absolute Gasteiger partial charge is 0.490 e. The van der Waals surface area contributed by atoms with Crippen LogP contribution in [0.3, 0.4) is 0 Å². The highest BCUT2D eigenvalue weighted by atomic mass is 35.5. The lowest BCUT2D eigenvalue weighted by Gasteiger charge is -2.12. The van der Waals surface area contributed by atoms with Crippen molar-refractivity contribution < 1.29 is 17.9 Å². The smallest absolute Gasteiger partial charge is 0.286 e. The number of hydrogen-bond acceptors (Lipinski definition) is 6. The van der Waals surface area contributed by atoms with Crippen LogP contribution in [0.2, 0.25) is 5.02 Å². The van der Waals surface area contributed by atoms with E-state index >= 15 is 0 Å². The van der Waals surface area contributed by atoms with E-state index in [0.29, 0.717) is 35.3 Å². The topological polar surface area (TPSA) is 77.0 Å². The Kier molecular flexibility index (Phi) is 7.13. The van der Waals surface area contributed by atoms with Gasteiger partial charge in [0.1, 0.15) is 10.8 Å². The van der Waals surface area contributed by atoms with Gasteiger partial charge in [0.25, 0.3) is 10.0 Å². The van der Waals surface area contributed by atoms with Crippen LogP contribution in [0.1, 0.15) is 18.1 Å². The minimum Gasteiger partial charge on any atom is -0.490 e. The van der Waals surface area contributed by atoms with Crippen LogP contribution in [0.4, 0.5) is 0 Å². The van der Waals surface area contributed by atoms with Crippen molar-refractivity contribution in [2.75, 3.05) is 6.61 Å². The van der Waals surface area contributed by atoms with Crippen LogP contribution in [0.15, 0.2) is 69.3 Å². The first-order valence-corrected chi connectivity index (χ1v) is 11.4. The van der Waals surface area contributed by atoms with E-state index in [1.165, 1.54) is 12.3 Å². The van der Waals surface area contributed by atoms with E-state index in [-0.39, 0.29) is 4.21 Å². The molecule has 1 N–H and O–H groups in total. The summed E-state index contributed by atoms with van der Waals surface area (Å²) in [6.07, 6.45) is 1.41. The van der Waals surface area contributed by atoms with Crippen molar-refractivity contribution in [3.05, 3.63) is 76.1 Å². The molecular formula is C20H19ClN2O4S2. The second-order valence-electron chi connectivity index (χ2n) is 5.84. The molecule has 0 aliphatic carbocycles. The van der Waals surface area contributed by atoms with E-state index in [1.807, 2.05) is 25.1 Å². The van der Waals surface area contributed by atoms with Gasteiger partial charge >= 0.3 is 0 Å². The third-order valence-electron chi connectivity index (χ3n) is 3.70. The maximum Gasteiger partial charge on any atom is 0.286 e. The fourth-order valence-electron chi connectivity index (χ4n) is 2.41. The van der Waals surface area contributed by atoms with Crippen LogP contribution in [-0.2, 0) is 16.6 Å². The summed E-state index contributed by atoms with van der Waals surface area (Å²) in [5, 5.41) is 6.17. The maximum absolute atomic E-state index is 12.1. The first-order chi connectivity index (χ1) is 14.0. The van der Waals surface area contributed by atoms with Gasteiger partial charge in [0.2, 0.25) is 0 Å². The summed E-state index contributed by atoms with van der Waals surface area (Å²) in [6, 6.07) is 15.9. The molecule has 0 bridgehead atoms. The predicted molar refractivity (Wildman–Crippen MR) is 116 cm³/mol. The molecule has 0 unspecified atom stereocenters. The first kappa shape index (κ1) is 21.2. The Morgan fingerprint density at radius 1 is 1.10 bits per heavy atom. The Hall–Kier alpha value is -2.55. The van der Waals surface area contributed by atoms with Crippen LogP contribution in [0.25, 0.3) is 0 Å². The number of sulfonamides is 1. The van der Waals surface area contributed by atoms with Crippen molar-refractivity contribution in [3.8, 4) is 11.5 Å². The summed E-state index contributed by atoms with van der Waals surface area (Å²) in [4.78, 5) is 2.20.